The maximum absolute atomic E-state index is 9.01. The summed E-state index contributed by atoms with van der Waals surface area (Å²) in [5, 5.41) is 9.01. The van der Waals surface area contributed by atoms with Crippen LogP contribution in [0.25, 0.3) is 0 Å². The molecule has 0 aromatic heterocycles. The average molecular weight is 230 g/mol. The summed E-state index contributed by atoms with van der Waals surface area (Å²) in [6.07, 6.45) is 5.60. The maximum Gasteiger partial charge on any atom is 0.146 e. The highest BCUT2D eigenvalue weighted by molar-refractivity contribution is 4.82. The predicted molar refractivity (Wildman–Crippen MR) is 61.2 cm³/mol. The second-order valence-electron chi connectivity index (χ2n) is 4.03. The fourth-order valence-electron chi connectivity index (χ4n) is 1.96. The van der Waals surface area contributed by atoms with Gasteiger partial charge in [0.1, 0.15) is 6.79 Å². The molecule has 1 rings (SSSR count). The Bertz CT molecular complexity index is 195. The van der Waals surface area contributed by atoms with Crippen molar-refractivity contribution < 1.29 is 19.3 Å². The van der Waals surface area contributed by atoms with Crippen LogP contribution in [0.4, 0.5) is 0 Å². The van der Waals surface area contributed by atoms with Gasteiger partial charge < -0.3 is 19.3 Å². The van der Waals surface area contributed by atoms with Crippen LogP contribution in [-0.4, -0.2) is 43.9 Å². The zero-order chi connectivity index (χ0) is 11.8. The van der Waals surface area contributed by atoms with Crippen molar-refractivity contribution in [2.75, 3.05) is 20.5 Å². The summed E-state index contributed by atoms with van der Waals surface area (Å²) >= 11 is 0. The SMILES string of the molecule is C=CCC[C@H](OCOC)[C@@H]1CC[C@@H](CO)O1. The van der Waals surface area contributed by atoms with Crippen LogP contribution in [-0.2, 0) is 14.2 Å². The van der Waals surface area contributed by atoms with Crippen molar-refractivity contribution in [2.24, 2.45) is 0 Å². The molecule has 1 N–H and O–H groups in total. The van der Waals surface area contributed by atoms with E-state index in [9.17, 15) is 0 Å². The molecule has 94 valence electrons. The first kappa shape index (κ1) is 13.6. The van der Waals surface area contributed by atoms with E-state index in [1.807, 2.05) is 6.08 Å². The topological polar surface area (TPSA) is 47.9 Å². The second kappa shape index (κ2) is 7.79. The predicted octanol–water partition coefficient (Wildman–Crippen LogP) is 1.48. The van der Waals surface area contributed by atoms with Gasteiger partial charge in [0.05, 0.1) is 24.9 Å². The molecular formula is C12H22O4. The van der Waals surface area contributed by atoms with Crippen LogP contribution in [0.5, 0.6) is 0 Å². The Hall–Kier alpha value is -0.420. The Balaban J connectivity index is 2.38. The van der Waals surface area contributed by atoms with Crippen LogP contribution in [0.3, 0.4) is 0 Å². The lowest BCUT2D eigenvalue weighted by Gasteiger charge is -2.23. The van der Waals surface area contributed by atoms with Crippen molar-refractivity contribution in [3.05, 3.63) is 12.7 Å². The maximum atomic E-state index is 9.01. The lowest BCUT2D eigenvalue weighted by atomic mass is 10.1. The second-order valence-corrected chi connectivity index (χ2v) is 4.03. The van der Waals surface area contributed by atoms with E-state index >= 15 is 0 Å². The third kappa shape index (κ3) is 4.22. The van der Waals surface area contributed by atoms with Crippen molar-refractivity contribution in [2.45, 2.75) is 44.0 Å². The zero-order valence-corrected chi connectivity index (χ0v) is 9.93. The van der Waals surface area contributed by atoms with E-state index in [2.05, 4.69) is 6.58 Å². The van der Waals surface area contributed by atoms with E-state index in [4.69, 9.17) is 19.3 Å². The molecule has 0 radical (unpaired) electrons. The molecule has 0 aromatic rings. The van der Waals surface area contributed by atoms with Gasteiger partial charge in [-0.2, -0.15) is 0 Å². The number of aliphatic hydroxyl groups is 1. The fraction of sp³-hybridized carbons (Fsp3) is 0.833. The quantitative estimate of drug-likeness (QED) is 0.507. The molecule has 4 nitrogen and oxygen atoms in total. The van der Waals surface area contributed by atoms with E-state index in [0.717, 1.165) is 25.7 Å². The number of hydrogen-bond donors (Lipinski definition) is 1. The molecule has 0 bridgehead atoms. The van der Waals surface area contributed by atoms with Gasteiger partial charge in [0, 0.05) is 7.11 Å². The molecule has 1 heterocycles. The lowest BCUT2D eigenvalue weighted by Crippen LogP contribution is -2.30. The standard InChI is InChI=1S/C12H22O4/c1-3-4-5-11(15-9-14-2)12-7-6-10(8-13)16-12/h3,10-13H,1,4-9H2,2H3/t10-,11-,12-/m0/s1. The molecule has 3 atom stereocenters. The molecule has 1 aliphatic rings. The summed E-state index contributed by atoms with van der Waals surface area (Å²) in [7, 11) is 1.61. The molecule has 0 spiro atoms. The molecule has 0 saturated carbocycles. The van der Waals surface area contributed by atoms with Gasteiger partial charge >= 0.3 is 0 Å². The molecule has 0 amide bonds. The molecule has 0 aromatic carbocycles. The van der Waals surface area contributed by atoms with Crippen LogP contribution in [0.1, 0.15) is 25.7 Å². The number of allylic oxidation sites excluding steroid dienone is 1. The summed E-state index contributed by atoms with van der Waals surface area (Å²) < 4.78 is 16.2. The van der Waals surface area contributed by atoms with E-state index < -0.39 is 0 Å². The highest BCUT2D eigenvalue weighted by Crippen LogP contribution is 2.25. The molecular weight excluding hydrogens is 208 g/mol. The van der Waals surface area contributed by atoms with E-state index in [-0.39, 0.29) is 31.7 Å². The molecule has 0 unspecified atom stereocenters. The number of aliphatic hydroxyl groups excluding tert-OH is 1. The van der Waals surface area contributed by atoms with Crippen molar-refractivity contribution in [3.8, 4) is 0 Å². The van der Waals surface area contributed by atoms with Crippen LogP contribution in [0, 0.1) is 0 Å². The number of hydrogen-bond acceptors (Lipinski definition) is 4. The summed E-state index contributed by atoms with van der Waals surface area (Å²) in [5.41, 5.74) is 0. The minimum Gasteiger partial charge on any atom is -0.394 e. The monoisotopic (exact) mass is 230 g/mol. The number of methoxy groups -OCH3 is 1. The smallest absolute Gasteiger partial charge is 0.146 e. The first-order chi connectivity index (χ1) is 7.81. The van der Waals surface area contributed by atoms with Crippen molar-refractivity contribution in [1.82, 2.24) is 0 Å². The van der Waals surface area contributed by atoms with Gasteiger partial charge in [-0.1, -0.05) is 6.08 Å². The van der Waals surface area contributed by atoms with Gasteiger partial charge in [-0.05, 0) is 25.7 Å². The summed E-state index contributed by atoms with van der Waals surface area (Å²) in [5.74, 6) is 0. The van der Waals surface area contributed by atoms with Crippen LogP contribution < -0.4 is 0 Å². The van der Waals surface area contributed by atoms with Gasteiger partial charge in [0.25, 0.3) is 0 Å². The van der Waals surface area contributed by atoms with Gasteiger partial charge in [0.15, 0.2) is 0 Å². The Labute approximate surface area is 97.2 Å². The van der Waals surface area contributed by atoms with Crippen LogP contribution in [0.15, 0.2) is 12.7 Å². The summed E-state index contributed by atoms with van der Waals surface area (Å²) in [4.78, 5) is 0. The molecule has 0 aliphatic carbocycles. The third-order valence-electron chi connectivity index (χ3n) is 2.81. The van der Waals surface area contributed by atoms with Crippen LogP contribution in [0.2, 0.25) is 0 Å². The molecule has 1 saturated heterocycles. The fourth-order valence-corrected chi connectivity index (χ4v) is 1.96. The van der Waals surface area contributed by atoms with Crippen LogP contribution >= 0.6 is 0 Å². The summed E-state index contributed by atoms with van der Waals surface area (Å²) in [6.45, 7) is 4.08. The number of ether oxygens (including phenoxy) is 3. The molecule has 16 heavy (non-hydrogen) atoms. The largest absolute Gasteiger partial charge is 0.394 e. The molecule has 1 aliphatic heterocycles. The highest BCUT2D eigenvalue weighted by Gasteiger charge is 2.31. The first-order valence-corrected chi connectivity index (χ1v) is 5.79. The van der Waals surface area contributed by atoms with E-state index in [0.29, 0.717) is 0 Å². The minimum atomic E-state index is -0.0256. The van der Waals surface area contributed by atoms with Crippen molar-refractivity contribution in [3.63, 3.8) is 0 Å². The van der Waals surface area contributed by atoms with Crippen molar-refractivity contribution in [1.29, 1.82) is 0 Å². The van der Waals surface area contributed by atoms with Gasteiger partial charge in [0.2, 0.25) is 0 Å². The Morgan fingerprint density at radius 2 is 2.38 bits per heavy atom. The van der Waals surface area contributed by atoms with Gasteiger partial charge in [-0.3, -0.25) is 0 Å². The molecule has 4 heteroatoms. The van der Waals surface area contributed by atoms with Crippen molar-refractivity contribution >= 4 is 0 Å². The minimum absolute atomic E-state index is 0.0256. The number of rotatable bonds is 8. The third-order valence-corrected chi connectivity index (χ3v) is 2.81. The molecule has 1 fully saturated rings. The highest BCUT2D eigenvalue weighted by atomic mass is 16.7. The first-order valence-electron chi connectivity index (χ1n) is 5.79. The van der Waals surface area contributed by atoms with Gasteiger partial charge in [-0.15, -0.1) is 6.58 Å². The lowest BCUT2D eigenvalue weighted by molar-refractivity contribution is -0.130. The van der Waals surface area contributed by atoms with E-state index in [1.165, 1.54) is 0 Å². The Kier molecular flexibility index (Phi) is 6.64. The Morgan fingerprint density at radius 1 is 1.56 bits per heavy atom. The summed E-state index contributed by atoms with van der Waals surface area (Å²) in [6, 6.07) is 0. The zero-order valence-electron chi connectivity index (χ0n) is 9.93. The van der Waals surface area contributed by atoms with Gasteiger partial charge in [-0.25, -0.2) is 0 Å². The normalized spacial score (nSPS) is 26.9. The Morgan fingerprint density at radius 3 is 2.94 bits per heavy atom. The average Bonchev–Trinajstić information content (AvgIpc) is 2.78. The van der Waals surface area contributed by atoms with E-state index in [1.54, 1.807) is 7.11 Å².